The smallest absolute Gasteiger partial charge is 0.251 e. The molecule has 4 aromatic carbocycles. The minimum absolute atomic E-state index is 0.0233. The number of hydrogen-bond donors (Lipinski definition) is 6. The second-order valence-electron chi connectivity index (χ2n) is 19.1. The average molecular weight is 943 g/mol. The predicted octanol–water partition coefficient (Wildman–Crippen LogP) is 5.12. The van der Waals surface area contributed by atoms with Crippen LogP contribution in [0.15, 0.2) is 97.1 Å². The van der Waals surface area contributed by atoms with Crippen LogP contribution in [0, 0.1) is 23.7 Å². The summed E-state index contributed by atoms with van der Waals surface area (Å²) in [5.74, 6) is 10.0. The van der Waals surface area contributed by atoms with E-state index in [1.54, 1.807) is 27.9 Å². The molecule has 9 atom stereocenters. The van der Waals surface area contributed by atoms with Crippen molar-refractivity contribution in [2.75, 3.05) is 23.9 Å². The molecule has 13 nitrogen and oxygen atoms in total. The lowest BCUT2D eigenvalue weighted by molar-refractivity contribution is -0.130. The molecule has 8 rings (SSSR count). The van der Waals surface area contributed by atoms with Gasteiger partial charge < -0.3 is 36.8 Å². The number of benzene rings is 4. The Bertz CT molecular complexity index is 2720. The van der Waals surface area contributed by atoms with Gasteiger partial charge in [0.05, 0.1) is 24.2 Å². The second kappa shape index (κ2) is 22.8. The highest BCUT2D eigenvalue weighted by molar-refractivity contribution is 6.07. The first kappa shape index (κ1) is 49.6. The van der Waals surface area contributed by atoms with Gasteiger partial charge in [0.1, 0.15) is 18.1 Å². The third-order valence-electron chi connectivity index (χ3n) is 14.6. The standard InChI is InChI=1S/C57H66N8O5/c1-36(60-45-30-18-24-39-20-10-14-26-43(39)45)51-34-41-22-12-16-32-49(41)64(51)56(69)47(62-53(66)37(2)58-4)28-8-6-7-9-29-48(63-54(67)38(3)59-5)57(70)65-50-33-17-13-23-42(50)35-52(65)55(68)61-46-31-19-25-40-21-11-15-27-44(40)46/h10-17,20-23,26-27,32-33,36-38,45-48,51-52,58-60H,18-19,24-25,28-31,34-35H2,1-5H3,(H,61,68)(H,62,66)(H,63,67)/t36?,37-,38-,45+,46+,47-,48-,51-,52-/m0/s1. The Kier molecular flexibility index (Phi) is 16.1. The van der Waals surface area contributed by atoms with Crippen LogP contribution < -0.4 is 41.7 Å². The monoisotopic (exact) mass is 943 g/mol. The highest BCUT2D eigenvalue weighted by Gasteiger charge is 2.43. The highest BCUT2D eigenvalue weighted by atomic mass is 16.2. The fourth-order valence-electron chi connectivity index (χ4n) is 10.5. The molecule has 0 fully saturated rings. The van der Waals surface area contributed by atoms with Crippen molar-refractivity contribution in [1.82, 2.24) is 31.9 Å². The lowest BCUT2D eigenvalue weighted by Crippen LogP contribution is -2.57. The lowest BCUT2D eigenvalue weighted by atomic mass is 9.87. The Morgan fingerprint density at radius 1 is 0.586 bits per heavy atom. The summed E-state index contributed by atoms with van der Waals surface area (Å²) in [5.41, 5.74) is 8.31. The quantitative estimate of drug-likeness (QED) is 0.0896. The summed E-state index contributed by atoms with van der Waals surface area (Å²) < 4.78 is 0. The first-order valence-electron chi connectivity index (χ1n) is 24.9. The van der Waals surface area contributed by atoms with Crippen molar-refractivity contribution in [3.8, 4) is 23.7 Å². The van der Waals surface area contributed by atoms with Crippen LogP contribution in [0.3, 0.4) is 0 Å². The Balaban J connectivity index is 1.01. The molecule has 0 saturated heterocycles. The van der Waals surface area contributed by atoms with Gasteiger partial charge in [-0.05, 0) is 137 Å². The van der Waals surface area contributed by atoms with Gasteiger partial charge in [-0.15, -0.1) is 0 Å². The summed E-state index contributed by atoms with van der Waals surface area (Å²) in [6.45, 7) is 5.56. The summed E-state index contributed by atoms with van der Waals surface area (Å²) in [4.78, 5) is 74.2. The number of amides is 5. The molecule has 4 aromatic rings. The summed E-state index contributed by atoms with van der Waals surface area (Å²) in [5, 5.41) is 18.9. The molecule has 2 heterocycles. The third kappa shape index (κ3) is 11.0. The largest absolute Gasteiger partial charge is 0.347 e. The van der Waals surface area contributed by atoms with Gasteiger partial charge in [0.25, 0.3) is 11.8 Å². The number of carbonyl (C=O) groups excluding carboxylic acids is 5. The molecule has 0 saturated carbocycles. The molecule has 364 valence electrons. The van der Waals surface area contributed by atoms with Crippen LogP contribution in [-0.4, -0.2) is 85.9 Å². The van der Waals surface area contributed by atoms with E-state index in [0.29, 0.717) is 18.5 Å². The third-order valence-corrected chi connectivity index (χ3v) is 14.6. The van der Waals surface area contributed by atoms with E-state index in [2.05, 4.69) is 105 Å². The zero-order chi connectivity index (χ0) is 49.3. The number of hydrogen-bond acceptors (Lipinski definition) is 8. The summed E-state index contributed by atoms with van der Waals surface area (Å²) in [7, 11) is 3.35. The SMILES string of the molecule is CN[C@@H](C)C(=O)N[C@@H](CC#CC#CC[C@H](NC(=O)[C@H](C)NC)C(=O)N1c2ccccc2C[C@H]1C(C)N[C@@H]1CCCc2ccccc21)C(=O)N1c2ccccc2C[C@H]1C(=O)N[C@@H]1CCCc2ccccc21. The average Bonchev–Trinajstić information content (AvgIpc) is 3.98. The number of anilines is 2. The van der Waals surface area contributed by atoms with Crippen LogP contribution in [0.1, 0.15) is 105 Å². The van der Waals surface area contributed by atoms with E-state index in [4.69, 9.17) is 0 Å². The maximum atomic E-state index is 14.9. The number of likely N-dealkylation sites (N-methyl/N-ethyl adjacent to an activating group) is 2. The number of para-hydroxylation sites is 2. The minimum atomic E-state index is -1.11. The van der Waals surface area contributed by atoms with Crippen LogP contribution in [-0.2, 0) is 49.7 Å². The molecular formula is C57H66N8O5. The molecule has 0 spiro atoms. The second-order valence-corrected chi connectivity index (χ2v) is 19.1. The van der Waals surface area contributed by atoms with E-state index in [1.807, 2.05) is 59.5 Å². The summed E-state index contributed by atoms with van der Waals surface area (Å²) >= 11 is 0. The Morgan fingerprint density at radius 3 is 1.60 bits per heavy atom. The molecule has 6 N–H and O–H groups in total. The molecule has 1 unspecified atom stereocenters. The number of carbonyl (C=O) groups is 5. The minimum Gasteiger partial charge on any atom is -0.347 e. The normalized spacial score (nSPS) is 20.8. The van der Waals surface area contributed by atoms with Gasteiger partial charge in [0.15, 0.2) is 0 Å². The van der Waals surface area contributed by atoms with Crippen molar-refractivity contribution in [2.24, 2.45) is 0 Å². The van der Waals surface area contributed by atoms with E-state index in [-0.39, 0.29) is 54.7 Å². The fourth-order valence-corrected chi connectivity index (χ4v) is 10.5. The van der Waals surface area contributed by atoms with E-state index in [0.717, 1.165) is 60.9 Å². The highest BCUT2D eigenvalue weighted by Crippen LogP contribution is 2.38. The fraction of sp³-hybridized carbons (Fsp3) is 0.421. The van der Waals surface area contributed by atoms with Crippen molar-refractivity contribution in [1.29, 1.82) is 0 Å². The maximum Gasteiger partial charge on any atom is 0.251 e. The number of nitrogens with zero attached hydrogens (tertiary/aromatic N) is 2. The molecule has 70 heavy (non-hydrogen) atoms. The van der Waals surface area contributed by atoms with Gasteiger partial charge in [0, 0.05) is 42.7 Å². The molecule has 2 aliphatic heterocycles. The number of nitrogens with one attached hydrogen (secondary N) is 6. The number of rotatable bonds is 15. The van der Waals surface area contributed by atoms with Crippen LogP contribution in [0.25, 0.3) is 0 Å². The number of aryl methyl sites for hydroxylation is 2. The van der Waals surface area contributed by atoms with Gasteiger partial charge in [0.2, 0.25) is 17.7 Å². The summed E-state index contributed by atoms with van der Waals surface area (Å²) in [6, 6.07) is 27.6. The Labute approximate surface area is 412 Å². The van der Waals surface area contributed by atoms with Crippen molar-refractivity contribution in [3.05, 3.63) is 130 Å². The molecular weight excluding hydrogens is 877 g/mol. The van der Waals surface area contributed by atoms with Crippen molar-refractivity contribution in [2.45, 2.75) is 139 Å². The topological polar surface area (TPSA) is 164 Å². The van der Waals surface area contributed by atoms with E-state index < -0.39 is 42.0 Å². The first-order chi connectivity index (χ1) is 34.0. The molecule has 0 radical (unpaired) electrons. The first-order valence-corrected chi connectivity index (χ1v) is 24.9. The zero-order valence-electron chi connectivity index (χ0n) is 40.9. The van der Waals surface area contributed by atoms with Crippen LogP contribution >= 0.6 is 0 Å². The van der Waals surface area contributed by atoms with Crippen molar-refractivity contribution >= 4 is 40.9 Å². The van der Waals surface area contributed by atoms with Crippen molar-refractivity contribution < 1.29 is 24.0 Å². The molecule has 0 aromatic heterocycles. The van der Waals surface area contributed by atoms with Gasteiger partial charge in [-0.1, -0.05) is 96.8 Å². The van der Waals surface area contributed by atoms with Crippen molar-refractivity contribution in [3.63, 3.8) is 0 Å². The van der Waals surface area contributed by atoms with Crippen LogP contribution in [0.4, 0.5) is 11.4 Å². The zero-order valence-corrected chi connectivity index (χ0v) is 40.9. The van der Waals surface area contributed by atoms with Crippen LogP contribution in [0.5, 0.6) is 0 Å². The predicted molar refractivity (Wildman–Crippen MR) is 274 cm³/mol. The molecule has 2 aliphatic carbocycles. The molecule has 4 aliphatic rings. The van der Waals surface area contributed by atoms with Gasteiger partial charge in [-0.2, -0.15) is 0 Å². The van der Waals surface area contributed by atoms with E-state index in [9.17, 15) is 24.0 Å². The van der Waals surface area contributed by atoms with Gasteiger partial charge in [-0.25, -0.2) is 0 Å². The maximum absolute atomic E-state index is 14.9. The van der Waals surface area contributed by atoms with Gasteiger partial charge in [-0.3, -0.25) is 28.9 Å². The molecule has 0 bridgehead atoms. The molecule has 5 amide bonds. The van der Waals surface area contributed by atoms with Crippen LogP contribution in [0.2, 0.25) is 0 Å². The summed E-state index contributed by atoms with van der Waals surface area (Å²) in [6.07, 6.45) is 6.68. The molecule has 13 heteroatoms. The van der Waals surface area contributed by atoms with E-state index in [1.165, 1.54) is 21.6 Å². The lowest BCUT2D eigenvalue weighted by Gasteiger charge is -2.36. The Hall–Kier alpha value is -6.77. The Morgan fingerprint density at radius 2 is 1.04 bits per heavy atom. The van der Waals surface area contributed by atoms with E-state index >= 15 is 0 Å². The van der Waals surface area contributed by atoms with Gasteiger partial charge >= 0.3 is 0 Å². The number of fused-ring (bicyclic) bond motifs is 4.